The van der Waals surface area contributed by atoms with Crippen molar-refractivity contribution in [2.45, 2.75) is 58.2 Å². The molecule has 0 atom stereocenters. The molecule has 15 heavy (non-hydrogen) atoms. The van der Waals surface area contributed by atoms with E-state index in [4.69, 9.17) is 0 Å². The van der Waals surface area contributed by atoms with Crippen molar-refractivity contribution >= 4 is 0 Å². The number of rotatable bonds is 3. The van der Waals surface area contributed by atoms with Crippen molar-refractivity contribution in [2.24, 2.45) is 0 Å². The lowest BCUT2D eigenvalue weighted by Gasteiger charge is -2.20. The van der Waals surface area contributed by atoms with Crippen LogP contribution in [0.25, 0.3) is 0 Å². The third kappa shape index (κ3) is 2.34. The van der Waals surface area contributed by atoms with Gasteiger partial charge in [0.2, 0.25) is 0 Å². The van der Waals surface area contributed by atoms with Gasteiger partial charge < -0.3 is 5.32 Å². The van der Waals surface area contributed by atoms with Gasteiger partial charge in [0.1, 0.15) is 0 Å². The van der Waals surface area contributed by atoms with Crippen molar-refractivity contribution in [1.29, 1.82) is 0 Å². The predicted molar refractivity (Wildman–Crippen MR) is 57.3 cm³/mol. The van der Waals surface area contributed by atoms with Crippen LogP contribution in [0.4, 0.5) is 0 Å². The summed E-state index contributed by atoms with van der Waals surface area (Å²) in [7, 11) is 0. The Morgan fingerprint density at radius 3 is 2.60 bits per heavy atom. The van der Waals surface area contributed by atoms with Crippen LogP contribution in [0.1, 0.15) is 46.4 Å². The molecule has 1 saturated carbocycles. The average molecular weight is 209 g/mol. The van der Waals surface area contributed by atoms with Crippen molar-refractivity contribution in [1.82, 2.24) is 25.5 Å². The number of nitrogens with one attached hydrogen (secondary N) is 1. The molecule has 0 aliphatic heterocycles. The normalized spacial score (nSPS) is 19.2. The Balaban J connectivity index is 2.06. The molecule has 84 valence electrons. The predicted octanol–water partition coefficient (Wildman–Crippen LogP) is 1.07. The second-order valence-corrected chi connectivity index (χ2v) is 5.61. The lowest BCUT2D eigenvalue weighted by Crippen LogP contribution is -2.36. The highest BCUT2D eigenvalue weighted by Gasteiger charge is 2.42. The topological polar surface area (TPSA) is 55.6 Å². The summed E-state index contributed by atoms with van der Waals surface area (Å²) >= 11 is 0. The Labute approximate surface area is 90.2 Å². The molecular weight excluding hydrogens is 190 g/mol. The molecule has 0 radical (unpaired) electrons. The fourth-order valence-corrected chi connectivity index (χ4v) is 1.47. The number of nitrogens with zero attached hydrogens (tertiary/aromatic N) is 4. The lowest BCUT2D eigenvalue weighted by molar-refractivity contribution is 0.386. The minimum Gasteiger partial charge on any atom is -0.305 e. The number of aromatic nitrogens is 4. The minimum absolute atomic E-state index is 0.0984. The van der Waals surface area contributed by atoms with Crippen LogP contribution in [-0.4, -0.2) is 25.7 Å². The summed E-state index contributed by atoms with van der Waals surface area (Å²) in [6.07, 6.45) is 2.36. The van der Waals surface area contributed by atoms with E-state index in [0.717, 1.165) is 12.4 Å². The molecule has 0 spiro atoms. The Kier molecular flexibility index (Phi) is 2.30. The van der Waals surface area contributed by atoms with Crippen LogP contribution in [-0.2, 0) is 12.1 Å². The molecule has 0 unspecified atom stereocenters. The van der Waals surface area contributed by atoms with Gasteiger partial charge in [-0.15, -0.1) is 5.10 Å². The zero-order valence-corrected chi connectivity index (χ0v) is 9.91. The molecule has 1 aromatic heterocycles. The summed E-state index contributed by atoms with van der Waals surface area (Å²) in [6.45, 7) is 9.34. The maximum absolute atomic E-state index is 4.07. The zero-order chi connectivity index (χ0) is 11.1. The molecule has 1 aliphatic rings. The molecule has 0 aromatic carbocycles. The van der Waals surface area contributed by atoms with E-state index in [1.165, 1.54) is 12.8 Å². The minimum atomic E-state index is 0.0984. The Hall–Kier alpha value is -0.970. The van der Waals surface area contributed by atoms with Crippen LogP contribution in [0.15, 0.2) is 0 Å². The molecule has 0 saturated heterocycles. The number of tetrazole rings is 1. The van der Waals surface area contributed by atoms with Crippen molar-refractivity contribution in [3.05, 3.63) is 5.82 Å². The fourth-order valence-electron chi connectivity index (χ4n) is 1.47. The average Bonchev–Trinajstić information content (AvgIpc) is 2.69. The van der Waals surface area contributed by atoms with E-state index < -0.39 is 0 Å². The summed E-state index contributed by atoms with van der Waals surface area (Å²) < 4.78 is 1.96. The molecule has 1 heterocycles. The molecule has 1 aliphatic carbocycles. The van der Waals surface area contributed by atoms with Gasteiger partial charge >= 0.3 is 0 Å². The van der Waals surface area contributed by atoms with Crippen molar-refractivity contribution < 1.29 is 0 Å². The SMILES string of the molecule is CC(C)(C)NCc1nnnn1C1(C)CC1. The van der Waals surface area contributed by atoms with E-state index in [-0.39, 0.29) is 11.1 Å². The first-order valence-corrected chi connectivity index (χ1v) is 5.44. The van der Waals surface area contributed by atoms with Gasteiger partial charge in [-0.05, 0) is 51.0 Å². The summed E-state index contributed by atoms with van der Waals surface area (Å²) in [5.74, 6) is 0.935. The van der Waals surface area contributed by atoms with Crippen LogP contribution >= 0.6 is 0 Å². The highest BCUT2D eigenvalue weighted by molar-refractivity contribution is 4.99. The van der Waals surface area contributed by atoms with Crippen LogP contribution < -0.4 is 5.32 Å². The highest BCUT2D eigenvalue weighted by Crippen LogP contribution is 2.42. The van der Waals surface area contributed by atoms with E-state index >= 15 is 0 Å². The molecule has 5 heteroatoms. The highest BCUT2D eigenvalue weighted by atomic mass is 15.6. The fraction of sp³-hybridized carbons (Fsp3) is 0.900. The summed E-state index contributed by atoms with van der Waals surface area (Å²) in [6, 6.07) is 0. The van der Waals surface area contributed by atoms with E-state index in [0.29, 0.717) is 0 Å². The Bertz CT molecular complexity index is 345. The van der Waals surface area contributed by atoms with Crippen molar-refractivity contribution in [2.75, 3.05) is 0 Å². The van der Waals surface area contributed by atoms with Gasteiger partial charge in [-0.3, -0.25) is 0 Å². The van der Waals surface area contributed by atoms with E-state index in [1.54, 1.807) is 0 Å². The van der Waals surface area contributed by atoms with Gasteiger partial charge in [0.15, 0.2) is 5.82 Å². The monoisotopic (exact) mass is 209 g/mol. The van der Waals surface area contributed by atoms with Crippen LogP contribution in [0.5, 0.6) is 0 Å². The van der Waals surface area contributed by atoms with Gasteiger partial charge in [0, 0.05) is 5.54 Å². The summed E-state index contributed by atoms with van der Waals surface area (Å²) in [5, 5.41) is 15.3. The van der Waals surface area contributed by atoms with Gasteiger partial charge in [0.25, 0.3) is 0 Å². The lowest BCUT2D eigenvalue weighted by atomic mass is 10.1. The molecule has 0 bridgehead atoms. The third-order valence-corrected chi connectivity index (χ3v) is 2.80. The molecule has 1 N–H and O–H groups in total. The number of hydrogen-bond donors (Lipinski definition) is 1. The smallest absolute Gasteiger partial charge is 0.165 e. The first kappa shape index (κ1) is 10.5. The second-order valence-electron chi connectivity index (χ2n) is 5.61. The van der Waals surface area contributed by atoms with E-state index in [9.17, 15) is 0 Å². The van der Waals surface area contributed by atoms with Crippen molar-refractivity contribution in [3.63, 3.8) is 0 Å². The summed E-state index contributed by atoms with van der Waals surface area (Å²) in [4.78, 5) is 0. The molecule has 1 aromatic rings. The van der Waals surface area contributed by atoms with Gasteiger partial charge in [-0.2, -0.15) is 0 Å². The van der Waals surface area contributed by atoms with Crippen molar-refractivity contribution in [3.8, 4) is 0 Å². The summed E-state index contributed by atoms with van der Waals surface area (Å²) in [5.41, 5.74) is 0.277. The Morgan fingerprint density at radius 1 is 1.40 bits per heavy atom. The maximum Gasteiger partial charge on any atom is 0.165 e. The maximum atomic E-state index is 4.07. The number of hydrogen-bond acceptors (Lipinski definition) is 4. The van der Waals surface area contributed by atoms with Gasteiger partial charge in [0.05, 0.1) is 12.1 Å². The zero-order valence-electron chi connectivity index (χ0n) is 9.91. The first-order valence-electron chi connectivity index (χ1n) is 5.44. The first-order chi connectivity index (χ1) is 6.91. The third-order valence-electron chi connectivity index (χ3n) is 2.80. The van der Waals surface area contributed by atoms with E-state index in [1.807, 2.05) is 4.68 Å². The molecule has 0 amide bonds. The van der Waals surface area contributed by atoms with Gasteiger partial charge in [-0.25, -0.2) is 4.68 Å². The standard InChI is InChI=1S/C10H19N5/c1-9(2,3)11-7-8-12-13-14-15(8)10(4)5-6-10/h11H,5-7H2,1-4H3. The second kappa shape index (κ2) is 3.27. The molecule has 5 nitrogen and oxygen atoms in total. The quantitative estimate of drug-likeness (QED) is 0.809. The molecule has 2 rings (SSSR count). The van der Waals surface area contributed by atoms with E-state index in [2.05, 4.69) is 48.5 Å². The largest absolute Gasteiger partial charge is 0.305 e. The molecule has 1 fully saturated rings. The van der Waals surface area contributed by atoms with Crippen LogP contribution in [0.2, 0.25) is 0 Å². The molecular formula is C10H19N5. The van der Waals surface area contributed by atoms with Gasteiger partial charge in [-0.1, -0.05) is 0 Å². The van der Waals surface area contributed by atoms with Crippen LogP contribution in [0.3, 0.4) is 0 Å². The Morgan fingerprint density at radius 2 is 2.07 bits per heavy atom. The van der Waals surface area contributed by atoms with Crippen LogP contribution in [0, 0.1) is 0 Å².